The summed E-state index contributed by atoms with van der Waals surface area (Å²) in [6.45, 7) is 2.91. The van der Waals surface area contributed by atoms with Crippen molar-refractivity contribution in [2.24, 2.45) is 0 Å². The molecule has 0 aromatic heterocycles. The molecule has 1 aromatic rings. The summed E-state index contributed by atoms with van der Waals surface area (Å²) in [6.07, 6.45) is 0. The number of nitrogens with one attached hydrogen (secondary N) is 1. The van der Waals surface area contributed by atoms with E-state index in [1.165, 1.54) is 13.8 Å². The Morgan fingerprint density at radius 1 is 1.37 bits per heavy atom. The molecule has 0 aliphatic carbocycles. The Balaban J connectivity index is 2.61. The van der Waals surface area contributed by atoms with Gasteiger partial charge in [-0.15, -0.1) is 11.8 Å². The first-order valence-electron chi connectivity index (χ1n) is 5.34. The summed E-state index contributed by atoms with van der Waals surface area (Å²) in [4.78, 5) is 22.4. The molecule has 1 amide bonds. The lowest BCUT2D eigenvalue weighted by Crippen LogP contribution is -2.29. The summed E-state index contributed by atoms with van der Waals surface area (Å²) >= 11 is 0.896. The van der Waals surface area contributed by atoms with Crippen molar-refractivity contribution in [3.8, 4) is 0 Å². The van der Waals surface area contributed by atoms with Crippen molar-refractivity contribution in [2.45, 2.75) is 18.6 Å². The number of carbonyl (C=O) groups is 2. The van der Waals surface area contributed by atoms with E-state index in [1.807, 2.05) is 0 Å². The van der Waals surface area contributed by atoms with Crippen LogP contribution in [-0.2, 0) is 9.59 Å². The number of anilines is 1. The van der Waals surface area contributed by atoms with Crippen LogP contribution in [0.2, 0.25) is 0 Å². The minimum Gasteiger partial charge on any atom is -0.480 e. The van der Waals surface area contributed by atoms with E-state index in [-0.39, 0.29) is 11.4 Å². The van der Waals surface area contributed by atoms with E-state index in [4.69, 9.17) is 5.11 Å². The molecule has 0 aliphatic rings. The molecule has 1 rings (SSSR count). The summed E-state index contributed by atoms with van der Waals surface area (Å²) < 4.78 is 25.0. The number of amides is 1. The molecule has 4 nitrogen and oxygen atoms in total. The van der Waals surface area contributed by atoms with Crippen LogP contribution >= 0.6 is 11.8 Å². The molecule has 0 bridgehead atoms. The number of hydrogen-bond donors (Lipinski definition) is 2. The minimum absolute atomic E-state index is 0.171. The highest BCUT2D eigenvalue weighted by molar-refractivity contribution is 8.02. The van der Waals surface area contributed by atoms with Gasteiger partial charge < -0.3 is 10.4 Å². The number of aliphatic carboxylic acids is 1. The zero-order valence-electron chi connectivity index (χ0n) is 10.4. The van der Waals surface area contributed by atoms with E-state index in [9.17, 15) is 18.4 Å². The average Bonchev–Trinajstić information content (AvgIpc) is 2.31. The van der Waals surface area contributed by atoms with Crippen LogP contribution in [0.1, 0.15) is 13.8 Å². The van der Waals surface area contributed by atoms with Crippen molar-refractivity contribution in [1.29, 1.82) is 0 Å². The van der Waals surface area contributed by atoms with Crippen LogP contribution in [0.25, 0.3) is 0 Å². The predicted octanol–water partition coefficient (Wildman–Crippen LogP) is 2.50. The zero-order chi connectivity index (χ0) is 14.6. The maximum Gasteiger partial charge on any atom is 0.319 e. The van der Waals surface area contributed by atoms with Gasteiger partial charge in [-0.25, -0.2) is 8.78 Å². The molecule has 0 saturated heterocycles. The van der Waals surface area contributed by atoms with Gasteiger partial charge in [0.25, 0.3) is 0 Å². The number of carboxylic acid groups (broad SMARTS) is 1. The molecule has 0 saturated carbocycles. The van der Waals surface area contributed by atoms with Crippen molar-refractivity contribution in [2.75, 3.05) is 11.1 Å². The number of halogens is 2. The van der Waals surface area contributed by atoms with Crippen molar-refractivity contribution in [3.05, 3.63) is 29.8 Å². The van der Waals surface area contributed by atoms with Gasteiger partial charge >= 0.3 is 5.97 Å². The van der Waals surface area contributed by atoms with Crippen LogP contribution in [0.4, 0.5) is 14.5 Å². The highest BCUT2D eigenvalue weighted by Crippen LogP contribution is 2.24. The Morgan fingerprint density at radius 2 is 2.00 bits per heavy atom. The second-order valence-electron chi connectivity index (χ2n) is 4.28. The van der Waals surface area contributed by atoms with Gasteiger partial charge in [-0.1, -0.05) is 0 Å². The molecular formula is C12H13F2NO3S. The highest BCUT2D eigenvalue weighted by Gasteiger charge is 2.28. The minimum atomic E-state index is -1.13. The fourth-order valence-electron chi connectivity index (χ4n) is 1.09. The van der Waals surface area contributed by atoms with Crippen molar-refractivity contribution in [3.63, 3.8) is 0 Å². The molecular weight excluding hydrogens is 276 g/mol. The smallest absolute Gasteiger partial charge is 0.319 e. The normalized spacial score (nSPS) is 11.2. The third kappa shape index (κ3) is 4.51. The van der Waals surface area contributed by atoms with Gasteiger partial charge in [-0.2, -0.15) is 0 Å². The summed E-state index contributed by atoms with van der Waals surface area (Å²) in [5.41, 5.74) is -0.265. The van der Waals surface area contributed by atoms with Gasteiger partial charge in [0.05, 0.1) is 11.4 Å². The monoisotopic (exact) mass is 289 g/mol. The largest absolute Gasteiger partial charge is 0.480 e. The molecule has 0 aliphatic heterocycles. The molecule has 0 unspecified atom stereocenters. The fourth-order valence-corrected chi connectivity index (χ4v) is 1.77. The topological polar surface area (TPSA) is 66.4 Å². The number of thioether (sulfide) groups is 1. The van der Waals surface area contributed by atoms with Gasteiger partial charge in [-0.05, 0) is 26.0 Å². The van der Waals surface area contributed by atoms with Crippen LogP contribution in [0.15, 0.2) is 18.2 Å². The Labute approximate surface area is 113 Å². The van der Waals surface area contributed by atoms with Gasteiger partial charge in [0.15, 0.2) is 0 Å². The maximum absolute atomic E-state index is 13.3. The molecule has 0 fully saturated rings. The van der Waals surface area contributed by atoms with Crippen molar-refractivity contribution < 1.29 is 23.5 Å². The van der Waals surface area contributed by atoms with E-state index in [1.54, 1.807) is 0 Å². The van der Waals surface area contributed by atoms with Crippen molar-refractivity contribution in [1.82, 2.24) is 0 Å². The van der Waals surface area contributed by atoms with Gasteiger partial charge in [0, 0.05) is 6.07 Å². The second kappa shape index (κ2) is 6.01. The van der Waals surface area contributed by atoms with E-state index in [0.717, 1.165) is 30.0 Å². The van der Waals surface area contributed by atoms with Gasteiger partial charge in [0.1, 0.15) is 16.4 Å². The molecule has 2 N–H and O–H groups in total. The van der Waals surface area contributed by atoms with Gasteiger partial charge in [-0.3, -0.25) is 9.59 Å². The van der Waals surface area contributed by atoms with Crippen LogP contribution in [0.3, 0.4) is 0 Å². The lowest BCUT2D eigenvalue weighted by molar-refractivity contribution is -0.138. The van der Waals surface area contributed by atoms with E-state index >= 15 is 0 Å². The van der Waals surface area contributed by atoms with Crippen LogP contribution in [0, 0.1) is 11.6 Å². The predicted molar refractivity (Wildman–Crippen MR) is 69.2 cm³/mol. The van der Waals surface area contributed by atoms with E-state index < -0.39 is 28.3 Å². The average molecular weight is 289 g/mol. The van der Waals surface area contributed by atoms with E-state index in [2.05, 4.69) is 5.32 Å². The first-order chi connectivity index (χ1) is 8.72. The third-order valence-corrected chi connectivity index (χ3v) is 3.58. The molecule has 104 valence electrons. The standard InChI is InChI=1S/C12H13F2NO3S/c1-12(2,11(17)18)19-6-10(16)15-9-5-7(13)3-4-8(9)14/h3-5H,6H2,1-2H3,(H,15,16)(H,17,18). The summed E-state index contributed by atoms with van der Waals surface area (Å²) in [5, 5.41) is 11.1. The molecule has 1 aromatic carbocycles. The first-order valence-corrected chi connectivity index (χ1v) is 6.33. The van der Waals surface area contributed by atoms with Crippen LogP contribution < -0.4 is 5.32 Å². The third-order valence-electron chi connectivity index (χ3n) is 2.28. The highest BCUT2D eigenvalue weighted by atomic mass is 32.2. The Bertz CT molecular complexity index is 506. The molecule has 19 heavy (non-hydrogen) atoms. The number of hydrogen-bond acceptors (Lipinski definition) is 3. The maximum atomic E-state index is 13.3. The second-order valence-corrected chi connectivity index (χ2v) is 5.87. The molecule has 0 atom stereocenters. The van der Waals surface area contributed by atoms with Crippen molar-refractivity contribution >= 4 is 29.3 Å². The zero-order valence-corrected chi connectivity index (χ0v) is 11.2. The summed E-state index contributed by atoms with van der Waals surface area (Å²) in [6, 6.07) is 2.70. The molecule has 0 radical (unpaired) electrons. The SMILES string of the molecule is CC(C)(SCC(=O)Nc1cc(F)ccc1F)C(=O)O. The van der Waals surface area contributed by atoms with Crippen LogP contribution in [0.5, 0.6) is 0 Å². The number of rotatable bonds is 5. The fraction of sp³-hybridized carbons (Fsp3) is 0.333. The lowest BCUT2D eigenvalue weighted by atomic mass is 10.2. The molecule has 7 heteroatoms. The van der Waals surface area contributed by atoms with E-state index in [0.29, 0.717) is 0 Å². The number of benzene rings is 1. The Kier molecular flexibility index (Phi) is 4.88. The first kappa shape index (κ1) is 15.4. The van der Waals surface area contributed by atoms with Gasteiger partial charge in [0.2, 0.25) is 5.91 Å². The number of carboxylic acids is 1. The quantitative estimate of drug-likeness (QED) is 0.874. The lowest BCUT2D eigenvalue weighted by Gasteiger charge is -2.17. The molecule has 0 heterocycles. The number of carbonyl (C=O) groups excluding carboxylic acids is 1. The van der Waals surface area contributed by atoms with Crippen LogP contribution in [-0.4, -0.2) is 27.5 Å². The Hall–Kier alpha value is -1.63. The Morgan fingerprint density at radius 3 is 2.58 bits per heavy atom. The summed E-state index contributed by atoms with van der Waals surface area (Å²) in [7, 11) is 0. The summed E-state index contributed by atoms with van der Waals surface area (Å²) in [5.74, 6) is -3.24. The molecule has 0 spiro atoms.